The lowest BCUT2D eigenvalue weighted by atomic mass is 10.2. The summed E-state index contributed by atoms with van der Waals surface area (Å²) in [5.74, 6) is -0.980. The number of rotatable bonds is 3. The molecule has 0 spiro atoms. The highest BCUT2D eigenvalue weighted by atomic mass is 32.1. The number of amides is 1. The Morgan fingerprint density at radius 2 is 2.10 bits per heavy atom. The Morgan fingerprint density at radius 3 is 2.70 bits per heavy atom. The maximum absolute atomic E-state index is 11.7. The molecule has 0 radical (unpaired) electrons. The van der Waals surface area contributed by atoms with E-state index in [1.165, 1.54) is 18.3 Å². The van der Waals surface area contributed by atoms with E-state index < -0.39 is 5.91 Å². The molecule has 1 amide bonds. The summed E-state index contributed by atoms with van der Waals surface area (Å²) < 4.78 is 0. The summed E-state index contributed by atoms with van der Waals surface area (Å²) in [5, 5.41) is 20.9. The van der Waals surface area contributed by atoms with Crippen LogP contribution < -0.4 is 5.32 Å². The summed E-state index contributed by atoms with van der Waals surface area (Å²) in [5.41, 5.74) is 0.682. The SMILES string of the molecule is C/C(O)=C(\C#N)C(=O)Nc1ncc(-c2ccccc2)s1. The monoisotopic (exact) mass is 285 g/mol. The van der Waals surface area contributed by atoms with Crippen molar-refractivity contribution in [3.63, 3.8) is 0 Å². The first-order valence-corrected chi connectivity index (χ1v) is 6.56. The largest absolute Gasteiger partial charge is 0.511 e. The number of hydrogen-bond acceptors (Lipinski definition) is 5. The molecule has 0 saturated carbocycles. The molecular weight excluding hydrogens is 274 g/mol. The molecule has 1 aromatic carbocycles. The third kappa shape index (κ3) is 3.02. The normalized spacial score (nSPS) is 11.4. The number of thiazole rings is 1. The minimum atomic E-state index is -0.665. The lowest BCUT2D eigenvalue weighted by Crippen LogP contribution is -2.14. The number of allylic oxidation sites excluding steroid dienone is 1. The van der Waals surface area contributed by atoms with E-state index in [-0.39, 0.29) is 11.3 Å². The number of anilines is 1. The van der Waals surface area contributed by atoms with Crippen molar-refractivity contribution in [2.24, 2.45) is 0 Å². The molecule has 0 aliphatic carbocycles. The van der Waals surface area contributed by atoms with Gasteiger partial charge < -0.3 is 5.11 Å². The number of carbonyl (C=O) groups excluding carboxylic acids is 1. The maximum Gasteiger partial charge on any atom is 0.271 e. The van der Waals surface area contributed by atoms with Gasteiger partial charge in [0.25, 0.3) is 5.91 Å². The number of nitrogens with zero attached hydrogens (tertiary/aromatic N) is 2. The number of nitriles is 1. The van der Waals surface area contributed by atoms with E-state index in [0.717, 1.165) is 10.4 Å². The lowest BCUT2D eigenvalue weighted by Gasteiger charge is -2.00. The molecule has 0 unspecified atom stereocenters. The van der Waals surface area contributed by atoms with Crippen molar-refractivity contribution >= 4 is 22.4 Å². The minimum absolute atomic E-state index is 0.315. The average molecular weight is 285 g/mol. The molecule has 6 heteroatoms. The maximum atomic E-state index is 11.7. The zero-order valence-electron chi connectivity index (χ0n) is 10.6. The second-order valence-corrected chi connectivity index (χ2v) is 4.95. The molecule has 0 aliphatic heterocycles. The van der Waals surface area contributed by atoms with Gasteiger partial charge in [-0.3, -0.25) is 10.1 Å². The van der Waals surface area contributed by atoms with Crippen LogP contribution in [0.2, 0.25) is 0 Å². The molecule has 20 heavy (non-hydrogen) atoms. The van der Waals surface area contributed by atoms with Gasteiger partial charge in [0.05, 0.1) is 4.88 Å². The fourth-order valence-corrected chi connectivity index (χ4v) is 2.34. The van der Waals surface area contributed by atoms with Gasteiger partial charge in [0, 0.05) is 6.20 Å². The average Bonchev–Trinajstić information content (AvgIpc) is 2.88. The van der Waals surface area contributed by atoms with Crippen LogP contribution in [0, 0.1) is 11.3 Å². The Morgan fingerprint density at radius 1 is 1.40 bits per heavy atom. The van der Waals surface area contributed by atoms with Crippen molar-refractivity contribution in [2.45, 2.75) is 6.92 Å². The Bertz CT molecular complexity index is 695. The van der Waals surface area contributed by atoms with Gasteiger partial charge in [0.15, 0.2) is 10.7 Å². The van der Waals surface area contributed by atoms with Crippen LogP contribution in [0.4, 0.5) is 5.13 Å². The molecule has 1 heterocycles. The van der Waals surface area contributed by atoms with Crippen molar-refractivity contribution in [1.29, 1.82) is 5.26 Å². The van der Waals surface area contributed by atoms with Gasteiger partial charge in [-0.15, -0.1) is 0 Å². The van der Waals surface area contributed by atoms with E-state index in [9.17, 15) is 9.90 Å². The van der Waals surface area contributed by atoms with Gasteiger partial charge in [-0.2, -0.15) is 5.26 Å². The van der Waals surface area contributed by atoms with Crippen LogP contribution >= 0.6 is 11.3 Å². The molecule has 100 valence electrons. The zero-order chi connectivity index (χ0) is 14.5. The summed E-state index contributed by atoms with van der Waals surface area (Å²) in [7, 11) is 0. The van der Waals surface area contributed by atoms with E-state index in [0.29, 0.717) is 5.13 Å². The molecule has 2 N–H and O–H groups in total. The highest BCUT2D eigenvalue weighted by molar-refractivity contribution is 7.19. The highest BCUT2D eigenvalue weighted by Gasteiger charge is 2.14. The Kier molecular flexibility index (Phi) is 4.13. The Hall–Kier alpha value is -2.65. The Balaban J connectivity index is 2.18. The van der Waals surface area contributed by atoms with E-state index >= 15 is 0 Å². The molecule has 0 fully saturated rings. The van der Waals surface area contributed by atoms with Gasteiger partial charge >= 0.3 is 0 Å². The van der Waals surface area contributed by atoms with Gasteiger partial charge in [-0.25, -0.2) is 4.98 Å². The van der Waals surface area contributed by atoms with Gasteiger partial charge in [0.1, 0.15) is 11.8 Å². The third-order valence-corrected chi connectivity index (χ3v) is 3.45. The molecule has 2 rings (SSSR count). The fraction of sp³-hybridized carbons (Fsp3) is 0.0714. The molecule has 0 saturated heterocycles. The number of hydrogen-bond donors (Lipinski definition) is 2. The predicted molar refractivity (Wildman–Crippen MR) is 77.1 cm³/mol. The van der Waals surface area contributed by atoms with Crippen LogP contribution in [0.3, 0.4) is 0 Å². The molecule has 0 aliphatic rings. The van der Waals surface area contributed by atoms with Crippen LogP contribution in [0.5, 0.6) is 0 Å². The van der Waals surface area contributed by atoms with Crippen molar-refractivity contribution in [1.82, 2.24) is 4.98 Å². The van der Waals surface area contributed by atoms with Crippen LogP contribution in [-0.4, -0.2) is 16.0 Å². The first-order chi connectivity index (χ1) is 9.61. The summed E-state index contributed by atoms with van der Waals surface area (Å²) in [4.78, 5) is 16.7. The van der Waals surface area contributed by atoms with E-state index in [2.05, 4.69) is 10.3 Å². The van der Waals surface area contributed by atoms with Crippen molar-refractivity contribution in [2.75, 3.05) is 5.32 Å². The predicted octanol–water partition coefficient (Wildman–Crippen LogP) is 3.10. The number of aliphatic hydroxyl groups is 1. The topological polar surface area (TPSA) is 86.0 Å². The number of nitrogens with one attached hydrogen (secondary N) is 1. The van der Waals surface area contributed by atoms with Gasteiger partial charge in [-0.1, -0.05) is 41.7 Å². The van der Waals surface area contributed by atoms with Crippen molar-refractivity contribution in [3.05, 3.63) is 47.9 Å². The highest BCUT2D eigenvalue weighted by Crippen LogP contribution is 2.28. The molecular formula is C14H11N3O2S. The molecule has 5 nitrogen and oxygen atoms in total. The number of carbonyl (C=O) groups is 1. The minimum Gasteiger partial charge on any atom is -0.511 e. The van der Waals surface area contributed by atoms with Crippen LogP contribution in [0.25, 0.3) is 10.4 Å². The standard InChI is InChI=1S/C14H11N3O2S/c1-9(18)11(7-15)13(19)17-14-16-8-12(20-14)10-5-3-2-4-6-10/h2-6,8,18H,1H3,(H,16,17,19)/b11-9-. The van der Waals surface area contributed by atoms with E-state index in [1.54, 1.807) is 12.3 Å². The second-order valence-electron chi connectivity index (χ2n) is 3.92. The van der Waals surface area contributed by atoms with Gasteiger partial charge in [-0.05, 0) is 12.5 Å². The zero-order valence-corrected chi connectivity index (χ0v) is 11.4. The number of benzene rings is 1. The number of aliphatic hydroxyl groups excluding tert-OH is 1. The first kappa shape index (κ1) is 13.8. The quantitative estimate of drug-likeness (QED) is 0.515. The summed E-state index contributed by atoms with van der Waals surface area (Å²) >= 11 is 1.30. The smallest absolute Gasteiger partial charge is 0.271 e. The van der Waals surface area contributed by atoms with Crippen LogP contribution in [-0.2, 0) is 4.79 Å². The molecule has 1 aromatic heterocycles. The molecule has 0 atom stereocenters. The third-order valence-electron chi connectivity index (χ3n) is 2.49. The molecule has 0 bridgehead atoms. The second kappa shape index (κ2) is 5.99. The van der Waals surface area contributed by atoms with E-state index in [1.807, 2.05) is 30.3 Å². The fourth-order valence-electron chi connectivity index (χ4n) is 1.52. The van der Waals surface area contributed by atoms with Crippen LogP contribution in [0.15, 0.2) is 47.9 Å². The van der Waals surface area contributed by atoms with Crippen molar-refractivity contribution in [3.8, 4) is 16.5 Å². The summed E-state index contributed by atoms with van der Waals surface area (Å²) in [6.45, 7) is 1.29. The summed E-state index contributed by atoms with van der Waals surface area (Å²) in [6.07, 6.45) is 1.65. The van der Waals surface area contributed by atoms with Crippen LogP contribution in [0.1, 0.15) is 6.92 Å². The van der Waals surface area contributed by atoms with Crippen molar-refractivity contribution < 1.29 is 9.90 Å². The summed E-state index contributed by atoms with van der Waals surface area (Å²) in [6, 6.07) is 11.3. The molecule has 2 aromatic rings. The number of aromatic nitrogens is 1. The van der Waals surface area contributed by atoms with Gasteiger partial charge in [0.2, 0.25) is 0 Å². The first-order valence-electron chi connectivity index (χ1n) is 5.74. The lowest BCUT2D eigenvalue weighted by molar-refractivity contribution is -0.112. The Labute approximate surface area is 119 Å². The van der Waals surface area contributed by atoms with E-state index in [4.69, 9.17) is 5.26 Å².